The van der Waals surface area contributed by atoms with Crippen molar-refractivity contribution in [2.24, 2.45) is 0 Å². The molecule has 0 bridgehead atoms. The Kier molecular flexibility index (Phi) is 6.18. The summed E-state index contributed by atoms with van der Waals surface area (Å²) in [4.78, 5) is 35.7. The maximum atomic E-state index is 13.1. The lowest BCUT2D eigenvalue weighted by Crippen LogP contribution is -2.30. The van der Waals surface area contributed by atoms with E-state index < -0.39 is 0 Å². The molecular weight excluding hydrogens is 410 g/mol. The lowest BCUT2D eigenvalue weighted by atomic mass is 10.1. The number of nitrogens with zero attached hydrogens (tertiary/aromatic N) is 5. The number of hydrogen-bond donors (Lipinski definition) is 0. The van der Waals surface area contributed by atoms with Crippen molar-refractivity contribution >= 4 is 11.8 Å². The van der Waals surface area contributed by atoms with E-state index in [0.717, 1.165) is 33.9 Å². The van der Waals surface area contributed by atoms with Crippen LogP contribution in [-0.4, -0.2) is 57.3 Å². The van der Waals surface area contributed by atoms with Gasteiger partial charge in [0.2, 0.25) is 5.88 Å². The highest BCUT2D eigenvalue weighted by Gasteiger charge is 2.32. The van der Waals surface area contributed by atoms with E-state index in [1.165, 1.54) is 14.2 Å². The second kappa shape index (κ2) is 9.19. The fourth-order valence-corrected chi connectivity index (χ4v) is 3.54. The van der Waals surface area contributed by atoms with Crippen LogP contribution in [0, 0.1) is 0 Å². The number of pyridine rings is 1. The Bertz CT molecular complexity index is 1130. The van der Waals surface area contributed by atoms with Gasteiger partial charge >= 0.3 is 0 Å². The minimum atomic E-state index is -0.376. The van der Waals surface area contributed by atoms with Gasteiger partial charge in [-0.05, 0) is 29.7 Å². The van der Waals surface area contributed by atoms with Crippen molar-refractivity contribution in [3.8, 4) is 17.0 Å². The van der Waals surface area contributed by atoms with Gasteiger partial charge in [-0.3, -0.25) is 19.1 Å². The number of carbonyl (C=O) groups excluding carboxylic acids is 2. The normalized spacial score (nSPS) is 12.7. The van der Waals surface area contributed by atoms with Gasteiger partial charge in [0.15, 0.2) is 6.61 Å². The summed E-state index contributed by atoms with van der Waals surface area (Å²) >= 11 is 0. The van der Waals surface area contributed by atoms with Crippen LogP contribution in [0.25, 0.3) is 11.1 Å². The summed E-state index contributed by atoms with van der Waals surface area (Å²) in [7, 11) is 2.88. The van der Waals surface area contributed by atoms with Gasteiger partial charge in [0.05, 0.1) is 13.3 Å². The maximum Gasteiger partial charge on any atom is 0.283 e. The molecule has 9 nitrogen and oxygen atoms in total. The molecule has 2 aromatic heterocycles. The van der Waals surface area contributed by atoms with Gasteiger partial charge in [-0.2, -0.15) is 5.10 Å². The van der Waals surface area contributed by atoms with Crippen LogP contribution in [-0.2, 0) is 29.3 Å². The summed E-state index contributed by atoms with van der Waals surface area (Å²) in [5.74, 6) is -0.376. The van der Waals surface area contributed by atoms with E-state index in [9.17, 15) is 9.59 Å². The second-order valence-corrected chi connectivity index (χ2v) is 7.46. The molecule has 9 heteroatoms. The molecule has 0 saturated heterocycles. The van der Waals surface area contributed by atoms with E-state index in [1.807, 2.05) is 48.3 Å². The van der Waals surface area contributed by atoms with Crippen molar-refractivity contribution in [3.63, 3.8) is 0 Å². The number of ether oxygens (including phenoxy) is 1. The van der Waals surface area contributed by atoms with Crippen LogP contribution in [0.2, 0.25) is 0 Å². The van der Waals surface area contributed by atoms with Crippen molar-refractivity contribution in [1.29, 1.82) is 0 Å². The highest BCUT2D eigenvalue weighted by atomic mass is 16.7. The van der Waals surface area contributed by atoms with Gasteiger partial charge in [-0.1, -0.05) is 24.3 Å². The third-order valence-corrected chi connectivity index (χ3v) is 5.44. The summed E-state index contributed by atoms with van der Waals surface area (Å²) in [6.07, 6.45) is 5.45. The number of carbonyl (C=O) groups is 2. The first-order valence-electron chi connectivity index (χ1n) is 10.3. The smallest absolute Gasteiger partial charge is 0.283 e. The van der Waals surface area contributed by atoms with Gasteiger partial charge in [-0.15, -0.1) is 0 Å². The summed E-state index contributed by atoms with van der Waals surface area (Å²) in [5, 5.41) is 5.38. The number of amides is 2. The standard InChI is InChI=1S/C23H25N5O4/c1-4-28-14-19(11-25-28)17-7-5-16(6-8-17)12-27-13-18-9-10-24-22(21(18)23(27)30)32-15-20(29)26(2)31-3/h5-11,14H,4,12-13,15H2,1-3H3. The third-order valence-electron chi connectivity index (χ3n) is 5.44. The quantitative estimate of drug-likeness (QED) is 0.505. The molecule has 0 fully saturated rings. The maximum absolute atomic E-state index is 13.1. The first-order chi connectivity index (χ1) is 15.5. The van der Waals surface area contributed by atoms with Crippen LogP contribution in [0.4, 0.5) is 0 Å². The Labute approximate surface area is 186 Å². The van der Waals surface area contributed by atoms with Crippen molar-refractivity contribution in [3.05, 3.63) is 65.6 Å². The Balaban J connectivity index is 1.44. The molecule has 32 heavy (non-hydrogen) atoms. The molecule has 0 spiro atoms. The Morgan fingerprint density at radius 3 is 2.66 bits per heavy atom. The van der Waals surface area contributed by atoms with Gasteiger partial charge < -0.3 is 9.64 Å². The number of fused-ring (bicyclic) bond motifs is 1. The molecule has 1 aliphatic heterocycles. The molecule has 166 valence electrons. The predicted molar refractivity (Wildman–Crippen MR) is 116 cm³/mol. The fourth-order valence-electron chi connectivity index (χ4n) is 3.54. The highest BCUT2D eigenvalue weighted by Crippen LogP contribution is 2.30. The second-order valence-electron chi connectivity index (χ2n) is 7.46. The number of hydrogen-bond acceptors (Lipinski definition) is 6. The monoisotopic (exact) mass is 435 g/mol. The highest BCUT2D eigenvalue weighted by molar-refractivity contribution is 6.00. The molecule has 2 amide bonds. The number of likely N-dealkylation sites (N-methyl/N-ethyl adjacent to an activating group) is 1. The molecule has 0 N–H and O–H groups in total. The summed E-state index contributed by atoms with van der Waals surface area (Å²) in [5.41, 5.74) is 4.39. The predicted octanol–water partition coefficient (Wildman–Crippen LogP) is 2.52. The molecule has 0 atom stereocenters. The van der Waals surface area contributed by atoms with E-state index in [1.54, 1.807) is 17.2 Å². The number of hydroxylamine groups is 2. The van der Waals surface area contributed by atoms with E-state index in [2.05, 4.69) is 10.1 Å². The largest absolute Gasteiger partial charge is 0.467 e. The van der Waals surface area contributed by atoms with Crippen LogP contribution in [0.5, 0.6) is 5.88 Å². The third kappa shape index (κ3) is 4.33. The molecule has 0 saturated carbocycles. The number of rotatable bonds is 8. The fraction of sp³-hybridized carbons (Fsp3) is 0.304. The van der Waals surface area contributed by atoms with Crippen LogP contribution in [0.1, 0.15) is 28.4 Å². The zero-order chi connectivity index (χ0) is 22.7. The lowest BCUT2D eigenvalue weighted by molar-refractivity contribution is -0.170. The lowest BCUT2D eigenvalue weighted by Gasteiger charge is -2.16. The Morgan fingerprint density at radius 2 is 1.97 bits per heavy atom. The van der Waals surface area contributed by atoms with Crippen LogP contribution >= 0.6 is 0 Å². The van der Waals surface area contributed by atoms with Crippen molar-refractivity contribution in [2.75, 3.05) is 20.8 Å². The van der Waals surface area contributed by atoms with Gasteiger partial charge in [-0.25, -0.2) is 10.0 Å². The topological polar surface area (TPSA) is 89.8 Å². The molecule has 1 aromatic carbocycles. The number of benzene rings is 1. The van der Waals surface area contributed by atoms with Crippen molar-refractivity contribution in [2.45, 2.75) is 26.6 Å². The molecule has 3 heterocycles. The minimum absolute atomic E-state index is 0.163. The van der Waals surface area contributed by atoms with Gasteiger partial charge in [0, 0.05) is 44.6 Å². The Hall–Kier alpha value is -3.72. The van der Waals surface area contributed by atoms with E-state index in [0.29, 0.717) is 18.7 Å². The van der Waals surface area contributed by atoms with Crippen molar-refractivity contribution in [1.82, 2.24) is 24.7 Å². The van der Waals surface area contributed by atoms with Crippen LogP contribution < -0.4 is 4.74 Å². The SMILES string of the molecule is CCn1cc(-c2ccc(CN3Cc4ccnc(OCC(=O)N(C)OC)c4C3=O)cc2)cn1. The van der Waals surface area contributed by atoms with Crippen LogP contribution in [0.15, 0.2) is 48.9 Å². The molecule has 0 radical (unpaired) electrons. The number of aromatic nitrogens is 3. The zero-order valence-electron chi connectivity index (χ0n) is 18.3. The van der Waals surface area contributed by atoms with E-state index in [4.69, 9.17) is 9.57 Å². The van der Waals surface area contributed by atoms with Gasteiger partial charge in [0.1, 0.15) is 5.56 Å². The summed E-state index contributed by atoms with van der Waals surface area (Å²) in [6, 6.07) is 9.91. The molecule has 1 aliphatic rings. The molecule has 3 aromatic rings. The first kappa shape index (κ1) is 21.5. The molecular formula is C23H25N5O4. The van der Waals surface area contributed by atoms with Crippen molar-refractivity contribution < 1.29 is 19.2 Å². The molecule has 0 aliphatic carbocycles. The minimum Gasteiger partial charge on any atom is -0.467 e. The van der Waals surface area contributed by atoms with E-state index >= 15 is 0 Å². The first-order valence-corrected chi connectivity index (χ1v) is 10.3. The zero-order valence-corrected chi connectivity index (χ0v) is 18.3. The summed E-state index contributed by atoms with van der Waals surface area (Å²) < 4.78 is 7.43. The summed E-state index contributed by atoms with van der Waals surface area (Å²) in [6.45, 7) is 3.54. The average molecular weight is 435 g/mol. The van der Waals surface area contributed by atoms with Gasteiger partial charge in [0.25, 0.3) is 11.8 Å². The average Bonchev–Trinajstić information content (AvgIpc) is 3.42. The molecule has 0 unspecified atom stereocenters. The Morgan fingerprint density at radius 1 is 1.19 bits per heavy atom. The number of aryl methyl sites for hydroxylation is 1. The van der Waals surface area contributed by atoms with E-state index in [-0.39, 0.29) is 24.3 Å². The molecule has 4 rings (SSSR count). The van der Waals surface area contributed by atoms with Crippen LogP contribution in [0.3, 0.4) is 0 Å².